The molecule has 0 fully saturated rings. The van der Waals surface area contributed by atoms with Crippen LogP contribution in [0.15, 0.2) is 18.6 Å². The van der Waals surface area contributed by atoms with Crippen LogP contribution in [-0.2, 0) is 21.2 Å². The Balaban J connectivity index is 2.08. The third-order valence-electron chi connectivity index (χ3n) is 3.40. The van der Waals surface area contributed by atoms with E-state index in [2.05, 4.69) is 15.0 Å². The van der Waals surface area contributed by atoms with Crippen molar-refractivity contribution in [2.75, 3.05) is 12.9 Å². The number of pyridine rings is 1. The highest BCUT2D eigenvalue weighted by Gasteiger charge is 2.35. The summed E-state index contributed by atoms with van der Waals surface area (Å²) in [6.45, 7) is 6.58. The van der Waals surface area contributed by atoms with E-state index < -0.39 is 22.8 Å². The molecule has 1 unspecified atom stereocenters. The molecule has 8 heteroatoms. The largest absolute Gasteiger partial charge is 0.374 e. The maximum absolute atomic E-state index is 11.9. The number of nitrogens with one attached hydrogen (secondary N) is 1. The Morgan fingerprint density at radius 2 is 2.05 bits per heavy atom. The first kappa shape index (κ1) is 16.1. The number of sulfone groups is 1. The Morgan fingerprint density at radius 3 is 2.67 bits per heavy atom. The van der Waals surface area contributed by atoms with E-state index in [9.17, 15) is 8.42 Å². The van der Waals surface area contributed by atoms with Gasteiger partial charge in [0.25, 0.3) is 0 Å². The summed E-state index contributed by atoms with van der Waals surface area (Å²) in [7, 11) is -4.97. The van der Waals surface area contributed by atoms with Gasteiger partial charge in [-0.1, -0.05) is 19.6 Å². The van der Waals surface area contributed by atoms with Crippen LogP contribution in [0, 0.1) is 0 Å². The Bertz CT molecular complexity index is 722. The van der Waals surface area contributed by atoms with Gasteiger partial charge in [-0.2, -0.15) is 0 Å². The van der Waals surface area contributed by atoms with Gasteiger partial charge < -0.3 is 9.72 Å². The maximum Gasteiger partial charge on any atom is 0.149 e. The molecule has 2 aromatic heterocycles. The SMILES string of the molecule is C[Si](C)(C)C(COCc1nccc2[nH]cnc12)S(C)(=O)=O. The standard InChI is InChI=1S/C13H21N3O3SSi/c1-20(17,18)12(21(2,3)4)8-19-7-11-13-10(5-6-14-11)15-9-16-13/h5-6,9,12H,7-8H2,1-4H3,(H,15,16). The highest BCUT2D eigenvalue weighted by molar-refractivity contribution is 7.93. The summed E-state index contributed by atoms with van der Waals surface area (Å²) >= 11 is 0. The quantitative estimate of drug-likeness (QED) is 0.817. The van der Waals surface area contributed by atoms with Gasteiger partial charge in [0.1, 0.15) is 15.4 Å². The summed E-state index contributed by atoms with van der Waals surface area (Å²) in [5.41, 5.74) is 2.38. The second-order valence-electron chi connectivity index (χ2n) is 6.26. The van der Waals surface area contributed by atoms with E-state index in [4.69, 9.17) is 4.74 Å². The van der Waals surface area contributed by atoms with Gasteiger partial charge in [-0.3, -0.25) is 4.98 Å². The number of aromatic amines is 1. The van der Waals surface area contributed by atoms with E-state index in [0.717, 1.165) is 16.7 Å². The number of hydrogen-bond donors (Lipinski definition) is 1. The average Bonchev–Trinajstić information content (AvgIpc) is 2.80. The number of hydrogen-bond acceptors (Lipinski definition) is 5. The molecule has 1 N–H and O–H groups in total. The fraction of sp³-hybridized carbons (Fsp3) is 0.538. The predicted octanol–water partition coefficient (Wildman–Crippen LogP) is 1.77. The molecule has 0 spiro atoms. The molecule has 6 nitrogen and oxygen atoms in total. The second-order valence-corrected chi connectivity index (χ2v) is 14.3. The van der Waals surface area contributed by atoms with Crippen molar-refractivity contribution in [3.05, 3.63) is 24.3 Å². The fourth-order valence-corrected chi connectivity index (χ4v) is 8.41. The lowest BCUT2D eigenvalue weighted by Crippen LogP contribution is -2.46. The molecular formula is C13H21N3O3SSi. The molecule has 0 bridgehead atoms. The van der Waals surface area contributed by atoms with Crippen LogP contribution in [0.4, 0.5) is 0 Å². The molecule has 0 amide bonds. The minimum atomic E-state index is -3.11. The van der Waals surface area contributed by atoms with Crippen molar-refractivity contribution in [2.45, 2.75) is 31.1 Å². The van der Waals surface area contributed by atoms with Crippen LogP contribution in [0.1, 0.15) is 5.69 Å². The van der Waals surface area contributed by atoms with Crippen molar-refractivity contribution in [3.8, 4) is 0 Å². The van der Waals surface area contributed by atoms with E-state index >= 15 is 0 Å². The molecule has 21 heavy (non-hydrogen) atoms. The first-order valence-electron chi connectivity index (χ1n) is 6.73. The zero-order valence-electron chi connectivity index (χ0n) is 12.8. The molecule has 0 saturated carbocycles. The van der Waals surface area contributed by atoms with Gasteiger partial charge in [0.05, 0.1) is 43.7 Å². The van der Waals surface area contributed by atoms with Crippen molar-refractivity contribution in [1.29, 1.82) is 0 Å². The monoisotopic (exact) mass is 327 g/mol. The van der Waals surface area contributed by atoms with Gasteiger partial charge in [0, 0.05) is 12.5 Å². The molecule has 0 aliphatic carbocycles. The van der Waals surface area contributed by atoms with Crippen LogP contribution >= 0.6 is 0 Å². The first-order valence-corrected chi connectivity index (χ1v) is 12.3. The lowest BCUT2D eigenvalue weighted by atomic mass is 10.3. The number of nitrogens with zero attached hydrogens (tertiary/aromatic N) is 2. The zero-order valence-corrected chi connectivity index (χ0v) is 14.6. The van der Waals surface area contributed by atoms with Crippen molar-refractivity contribution < 1.29 is 13.2 Å². The molecule has 0 saturated heterocycles. The number of H-pyrrole nitrogens is 1. The minimum Gasteiger partial charge on any atom is -0.374 e. The number of fused-ring (bicyclic) bond motifs is 1. The van der Waals surface area contributed by atoms with E-state index in [1.807, 2.05) is 25.7 Å². The van der Waals surface area contributed by atoms with Gasteiger partial charge in [-0.05, 0) is 6.07 Å². The lowest BCUT2D eigenvalue weighted by molar-refractivity contribution is 0.127. The molecule has 2 heterocycles. The Morgan fingerprint density at radius 1 is 1.33 bits per heavy atom. The van der Waals surface area contributed by atoms with Crippen LogP contribution in [0.2, 0.25) is 19.6 Å². The molecule has 0 aliphatic heterocycles. The summed E-state index contributed by atoms with van der Waals surface area (Å²) in [6.07, 6.45) is 4.58. The van der Waals surface area contributed by atoms with Gasteiger partial charge in [0.15, 0.2) is 0 Å². The third-order valence-corrected chi connectivity index (χ3v) is 10.1. The maximum atomic E-state index is 11.9. The lowest BCUT2D eigenvalue weighted by Gasteiger charge is -2.26. The summed E-state index contributed by atoms with van der Waals surface area (Å²) in [5, 5.41) is 0. The Hall–Kier alpha value is -1.25. The summed E-state index contributed by atoms with van der Waals surface area (Å²) in [6, 6.07) is 1.84. The molecule has 2 aromatic rings. The minimum absolute atomic E-state index is 0.205. The van der Waals surface area contributed by atoms with Gasteiger partial charge >= 0.3 is 0 Å². The highest BCUT2D eigenvalue weighted by Crippen LogP contribution is 2.18. The second kappa shape index (κ2) is 5.86. The van der Waals surface area contributed by atoms with Gasteiger partial charge in [-0.15, -0.1) is 0 Å². The smallest absolute Gasteiger partial charge is 0.149 e. The predicted molar refractivity (Wildman–Crippen MR) is 85.5 cm³/mol. The Labute approximate surface area is 125 Å². The summed E-state index contributed by atoms with van der Waals surface area (Å²) in [5.74, 6) is 0. The molecule has 2 rings (SSSR count). The number of imidazole rings is 1. The molecule has 1 atom stereocenters. The van der Waals surface area contributed by atoms with E-state index in [0.29, 0.717) is 0 Å². The summed E-state index contributed by atoms with van der Waals surface area (Å²) in [4.78, 5) is 11.1. The van der Waals surface area contributed by atoms with Crippen LogP contribution < -0.4 is 0 Å². The van der Waals surface area contributed by atoms with Crippen LogP contribution in [0.25, 0.3) is 11.0 Å². The Kier molecular flexibility index (Phi) is 4.50. The van der Waals surface area contributed by atoms with Crippen LogP contribution in [0.5, 0.6) is 0 Å². The topological polar surface area (TPSA) is 84.9 Å². The van der Waals surface area contributed by atoms with E-state index in [1.165, 1.54) is 6.26 Å². The number of ether oxygens (including phenoxy) is 1. The number of aromatic nitrogens is 3. The fourth-order valence-electron chi connectivity index (χ4n) is 2.31. The molecular weight excluding hydrogens is 306 g/mol. The van der Waals surface area contributed by atoms with Crippen molar-refractivity contribution >= 4 is 28.9 Å². The van der Waals surface area contributed by atoms with Gasteiger partial charge in [-0.25, -0.2) is 13.4 Å². The third kappa shape index (κ3) is 3.89. The summed E-state index contributed by atoms with van der Waals surface area (Å²) < 4.78 is 29.5. The highest BCUT2D eigenvalue weighted by atomic mass is 32.2. The molecule has 0 aliphatic rings. The first-order chi connectivity index (χ1) is 9.69. The van der Waals surface area contributed by atoms with E-state index in [-0.39, 0.29) is 13.2 Å². The number of rotatable bonds is 6. The van der Waals surface area contributed by atoms with Crippen molar-refractivity contribution in [1.82, 2.24) is 15.0 Å². The van der Waals surface area contributed by atoms with Crippen LogP contribution in [-0.4, -0.2) is 49.2 Å². The molecule has 0 radical (unpaired) electrons. The van der Waals surface area contributed by atoms with Gasteiger partial charge in [0.2, 0.25) is 0 Å². The van der Waals surface area contributed by atoms with Crippen LogP contribution in [0.3, 0.4) is 0 Å². The molecule has 116 valence electrons. The average molecular weight is 327 g/mol. The van der Waals surface area contributed by atoms with Crippen molar-refractivity contribution in [2.24, 2.45) is 0 Å². The van der Waals surface area contributed by atoms with Crippen molar-refractivity contribution in [3.63, 3.8) is 0 Å². The zero-order chi connectivity index (χ0) is 15.7. The normalized spacial score (nSPS) is 14.5. The molecule has 0 aromatic carbocycles. The van der Waals surface area contributed by atoms with E-state index in [1.54, 1.807) is 12.5 Å².